The van der Waals surface area contributed by atoms with Crippen molar-refractivity contribution in [2.75, 3.05) is 11.5 Å². The van der Waals surface area contributed by atoms with Gasteiger partial charge in [0.25, 0.3) is 5.56 Å². The van der Waals surface area contributed by atoms with Crippen molar-refractivity contribution < 1.29 is 13.2 Å². The molecule has 0 radical (unpaired) electrons. The fraction of sp³-hybridized carbons (Fsp3) is 0.500. The van der Waals surface area contributed by atoms with E-state index in [2.05, 4.69) is 22.4 Å². The lowest BCUT2D eigenvalue weighted by Crippen LogP contribution is -2.40. The van der Waals surface area contributed by atoms with Crippen molar-refractivity contribution in [2.24, 2.45) is 0 Å². The first-order chi connectivity index (χ1) is 14.8. The number of nitrogens with one attached hydrogen (secondary N) is 1. The zero-order valence-electron chi connectivity index (χ0n) is 17.4. The van der Waals surface area contributed by atoms with Crippen LogP contribution in [0, 0.1) is 0 Å². The van der Waals surface area contributed by atoms with Gasteiger partial charge >= 0.3 is 0 Å². The molecule has 1 N–H and O–H groups in total. The topological polar surface area (TPSA) is 115 Å². The Labute approximate surface area is 184 Å². The van der Waals surface area contributed by atoms with Crippen LogP contribution in [0.25, 0.3) is 16.7 Å². The number of amides is 1. The second kappa shape index (κ2) is 8.62. The van der Waals surface area contributed by atoms with Gasteiger partial charge in [-0.1, -0.05) is 37.2 Å². The van der Waals surface area contributed by atoms with Gasteiger partial charge in [-0.15, -0.1) is 10.2 Å². The Balaban J connectivity index is 1.66. The van der Waals surface area contributed by atoms with Crippen molar-refractivity contribution in [1.29, 1.82) is 0 Å². The number of para-hydroxylation sites is 1. The van der Waals surface area contributed by atoms with Crippen LogP contribution in [0.5, 0.6) is 0 Å². The highest BCUT2D eigenvalue weighted by atomic mass is 32.2. The van der Waals surface area contributed by atoms with Crippen LogP contribution in [0.2, 0.25) is 0 Å². The minimum Gasteiger partial charge on any atom is -0.351 e. The lowest BCUT2D eigenvalue weighted by molar-refractivity contribution is -0.120. The Bertz CT molecular complexity index is 1300. The molecule has 1 aliphatic rings. The Morgan fingerprint density at radius 3 is 2.81 bits per heavy atom. The molecule has 1 amide bonds. The van der Waals surface area contributed by atoms with Crippen molar-refractivity contribution in [2.45, 2.75) is 56.1 Å². The summed E-state index contributed by atoms with van der Waals surface area (Å²) in [4.78, 5) is 25.7. The maximum absolute atomic E-state index is 13.0. The van der Waals surface area contributed by atoms with Crippen LogP contribution >= 0.6 is 11.8 Å². The molecule has 2 atom stereocenters. The number of carbonyl (C=O) groups excluding carboxylic acids is 1. The van der Waals surface area contributed by atoms with E-state index < -0.39 is 15.1 Å². The second-order valence-electron chi connectivity index (χ2n) is 7.81. The van der Waals surface area contributed by atoms with Crippen LogP contribution in [-0.4, -0.2) is 56.3 Å². The zero-order chi connectivity index (χ0) is 22.2. The SMILES string of the molecule is CCCCn1c(=O)c2ccccc2n2c(SC(C)C(=O)NC3CCS(=O)(=O)C3)nnc12. The molecule has 11 heteroatoms. The van der Waals surface area contributed by atoms with Gasteiger partial charge in [-0.3, -0.25) is 18.6 Å². The number of carbonyl (C=O) groups is 1. The Morgan fingerprint density at radius 1 is 1.32 bits per heavy atom. The van der Waals surface area contributed by atoms with Gasteiger partial charge in [-0.2, -0.15) is 0 Å². The molecule has 3 heterocycles. The number of thioether (sulfide) groups is 1. The lowest BCUT2D eigenvalue weighted by atomic mass is 10.2. The first-order valence-electron chi connectivity index (χ1n) is 10.3. The van der Waals surface area contributed by atoms with E-state index in [-0.39, 0.29) is 29.0 Å². The van der Waals surface area contributed by atoms with Gasteiger partial charge in [0.15, 0.2) is 15.0 Å². The number of rotatable bonds is 7. The summed E-state index contributed by atoms with van der Waals surface area (Å²) in [6.45, 7) is 4.35. The molecule has 1 aromatic carbocycles. The first-order valence-corrected chi connectivity index (χ1v) is 13.0. The summed E-state index contributed by atoms with van der Waals surface area (Å²) in [5, 5.41) is 11.9. The van der Waals surface area contributed by atoms with E-state index in [1.165, 1.54) is 11.8 Å². The lowest BCUT2D eigenvalue weighted by Gasteiger charge is -2.15. The van der Waals surface area contributed by atoms with Crippen LogP contribution in [-0.2, 0) is 21.2 Å². The average molecular weight is 464 g/mol. The largest absolute Gasteiger partial charge is 0.351 e. The first kappa shape index (κ1) is 21.8. The number of hydrogen-bond donors (Lipinski definition) is 1. The predicted molar refractivity (Wildman–Crippen MR) is 120 cm³/mol. The highest BCUT2D eigenvalue weighted by Gasteiger charge is 2.30. The molecule has 2 aromatic heterocycles. The highest BCUT2D eigenvalue weighted by Crippen LogP contribution is 2.25. The molecule has 2 unspecified atom stereocenters. The molecular formula is C20H25N5O4S2. The fourth-order valence-electron chi connectivity index (χ4n) is 3.77. The third-order valence-corrected chi connectivity index (χ3v) is 8.25. The van der Waals surface area contributed by atoms with E-state index in [0.717, 1.165) is 12.8 Å². The Morgan fingerprint density at radius 2 is 2.10 bits per heavy atom. The number of unbranched alkanes of at least 4 members (excludes halogenated alkanes) is 1. The molecule has 166 valence electrons. The van der Waals surface area contributed by atoms with Gasteiger partial charge in [0.05, 0.1) is 27.7 Å². The third-order valence-electron chi connectivity index (χ3n) is 5.44. The van der Waals surface area contributed by atoms with Crippen LogP contribution in [0.4, 0.5) is 0 Å². The van der Waals surface area contributed by atoms with Crippen LogP contribution in [0.15, 0.2) is 34.2 Å². The number of nitrogens with zero attached hydrogens (tertiary/aromatic N) is 4. The molecule has 1 aliphatic heterocycles. The van der Waals surface area contributed by atoms with Crippen molar-refractivity contribution in [3.63, 3.8) is 0 Å². The Kier molecular flexibility index (Phi) is 6.07. The second-order valence-corrected chi connectivity index (χ2v) is 11.4. The van der Waals surface area contributed by atoms with Crippen molar-refractivity contribution >= 4 is 44.2 Å². The molecular weight excluding hydrogens is 438 g/mol. The maximum Gasteiger partial charge on any atom is 0.262 e. The number of aryl methyl sites for hydroxylation is 1. The van der Waals surface area contributed by atoms with Crippen LogP contribution < -0.4 is 10.9 Å². The molecule has 31 heavy (non-hydrogen) atoms. The van der Waals surface area contributed by atoms with Crippen LogP contribution in [0.1, 0.15) is 33.1 Å². The zero-order valence-corrected chi connectivity index (χ0v) is 19.1. The van der Waals surface area contributed by atoms with E-state index in [1.807, 2.05) is 22.6 Å². The summed E-state index contributed by atoms with van der Waals surface area (Å²) in [6.07, 6.45) is 2.22. The summed E-state index contributed by atoms with van der Waals surface area (Å²) in [6, 6.07) is 6.95. The fourth-order valence-corrected chi connectivity index (χ4v) is 6.30. The number of benzene rings is 1. The normalized spacial score (nSPS) is 19.1. The Hall–Kier alpha value is -2.40. The average Bonchev–Trinajstić information content (AvgIpc) is 3.30. The quantitative estimate of drug-likeness (QED) is 0.530. The van der Waals surface area contributed by atoms with Crippen LogP contribution in [0.3, 0.4) is 0 Å². The monoisotopic (exact) mass is 463 g/mol. The summed E-state index contributed by atoms with van der Waals surface area (Å²) in [5.74, 6) is 0.301. The van der Waals surface area contributed by atoms with Gasteiger partial charge in [-0.25, -0.2) is 8.42 Å². The smallest absolute Gasteiger partial charge is 0.262 e. The standard InChI is InChI=1S/C20H25N5O4S2/c1-3-4-10-24-18(27)15-7-5-6-8-16(15)25-19(24)22-23-20(25)30-13(2)17(26)21-14-9-11-31(28,29)12-14/h5-8,13-14H,3-4,9-12H2,1-2H3,(H,21,26). The number of aromatic nitrogens is 4. The minimum atomic E-state index is -3.07. The molecule has 0 saturated carbocycles. The number of sulfone groups is 1. The van der Waals surface area contributed by atoms with Gasteiger partial charge < -0.3 is 5.32 Å². The van der Waals surface area contributed by atoms with E-state index in [0.29, 0.717) is 34.8 Å². The molecule has 0 spiro atoms. The summed E-state index contributed by atoms with van der Waals surface area (Å²) in [7, 11) is -3.07. The summed E-state index contributed by atoms with van der Waals surface area (Å²) >= 11 is 1.24. The van der Waals surface area contributed by atoms with Gasteiger partial charge in [0.1, 0.15) is 0 Å². The number of fused-ring (bicyclic) bond motifs is 3. The third kappa shape index (κ3) is 4.33. The minimum absolute atomic E-state index is 0.0155. The molecule has 1 saturated heterocycles. The van der Waals surface area contributed by atoms with E-state index in [1.54, 1.807) is 17.6 Å². The molecule has 1 fully saturated rings. The van der Waals surface area contributed by atoms with Gasteiger partial charge in [-0.05, 0) is 31.9 Å². The number of hydrogen-bond acceptors (Lipinski definition) is 7. The van der Waals surface area contributed by atoms with E-state index in [9.17, 15) is 18.0 Å². The molecule has 9 nitrogen and oxygen atoms in total. The van der Waals surface area contributed by atoms with Crippen molar-refractivity contribution in [3.05, 3.63) is 34.6 Å². The van der Waals surface area contributed by atoms with Gasteiger partial charge in [0.2, 0.25) is 11.7 Å². The molecule has 0 aliphatic carbocycles. The predicted octanol–water partition coefficient (Wildman–Crippen LogP) is 1.63. The van der Waals surface area contributed by atoms with Gasteiger partial charge in [0, 0.05) is 12.6 Å². The van der Waals surface area contributed by atoms with Crippen molar-refractivity contribution in [3.8, 4) is 0 Å². The summed E-state index contributed by atoms with van der Waals surface area (Å²) < 4.78 is 26.8. The summed E-state index contributed by atoms with van der Waals surface area (Å²) in [5.41, 5.74) is 0.589. The maximum atomic E-state index is 13.0. The van der Waals surface area contributed by atoms with Crippen molar-refractivity contribution in [1.82, 2.24) is 24.5 Å². The molecule has 0 bridgehead atoms. The van der Waals surface area contributed by atoms with E-state index >= 15 is 0 Å². The molecule has 3 aromatic rings. The molecule has 4 rings (SSSR count). The highest BCUT2D eigenvalue weighted by molar-refractivity contribution is 8.00. The van der Waals surface area contributed by atoms with E-state index in [4.69, 9.17) is 0 Å².